The first-order valence-corrected chi connectivity index (χ1v) is 14.5. The molecule has 0 heterocycles. The number of hydrogen-bond donors (Lipinski definition) is 1. The number of hydrogen-bond acceptors (Lipinski definition) is 4. The molecule has 0 fully saturated rings. The van der Waals surface area contributed by atoms with Crippen LogP contribution in [0.1, 0.15) is 63.1 Å². The molecule has 0 saturated carbocycles. The molecule has 0 aliphatic carbocycles. The van der Waals surface area contributed by atoms with E-state index >= 15 is 0 Å². The zero-order chi connectivity index (χ0) is 26.9. The van der Waals surface area contributed by atoms with E-state index in [1.54, 1.807) is 11.0 Å². The molecule has 0 radical (unpaired) electrons. The van der Waals surface area contributed by atoms with E-state index in [1.165, 1.54) is 10.6 Å². The fourth-order valence-electron chi connectivity index (χ4n) is 4.04. The van der Waals surface area contributed by atoms with E-state index in [9.17, 15) is 18.0 Å². The number of nitrogens with one attached hydrogen (secondary N) is 1. The molecule has 0 spiro atoms. The van der Waals surface area contributed by atoms with E-state index < -0.39 is 16.1 Å². The van der Waals surface area contributed by atoms with Crippen molar-refractivity contribution in [2.45, 2.75) is 78.9 Å². The van der Waals surface area contributed by atoms with Crippen molar-refractivity contribution < 1.29 is 18.0 Å². The number of anilines is 1. The third-order valence-electron chi connectivity index (χ3n) is 6.30. The molecule has 1 N–H and O–H groups in total. The molecule has 36 heavy (non-hydrogen) atoms. The number of carbonyl (C=O) groups excluding carboxylic acids is 2. The monoisotopic (exact) mass is 515 g/mol. The van der Waals surface area contributed by atoms with Gasteiger partial charge in [-0.05, 0) is 63.3 Å². The number of aryl methyl sites for hydroxylation is 2. The standard InChI is InChI=1S/C28H41N3O4S/c1-7-23(5)29-28(33)26(8-2)30(20-24-16-14-21(3)15-17-24)27(32)13-10-18-31(36(6,34)35)25-12-9-11-22(4)19-25/h9,11-12,14-17,19,23,26H,7-8,10,13,18,20H2,1-6H3,(H,29,33)/t23-,26+/m1/s1. The summed E-state index contributed by atoms with van der Waals surface area (Å²) in [5, 5.41) is 3.01. The molecule has 0 saturated heterocycles. The van der Waals surface area contributed by atoms with E-state index in [4.69, 9.17) is 0 Å². The lowest BCUT2D eigenvalue weighted by Gasteiger charge is -2.32. The largest absolute Gasteiger partial charge is 0.352 e. The first-order chi connectivity index (χ1) is 17.0. The molecule has 2 atom stereocenters. The fraction of sp³-hybridized carbons (Fsp3) is 0.500. The van der Waals surface area contributed by atoms with Crippen molar-refractivity contribution in [1.29, 1.82) is 0 Å². The second kappa shape index (κ2) is 13.4. The first kappa shape index (κ1) is 29.4. The van der Waals surface area contributed by atoms with Crippen LogP contribution in [0.4, 0.5) is 5.69 Å². The Hall–Kier alpha value is -2.87. The highest BCUT2D eigenvalue weighted by Gasteiger charge is 2.29. The van der Waals surface area contributed by atoms with E-state index in [1.807, 2.05) is 77.1 Å². The van der Waals surface area contributed by atoms with Crippen LogP contribution in [0, 0.1) is 13.8 Å². The summed E-state index contributed by atoms with van der Waals surface area (Å²) in [6.45, 7) is 10.3. The Kier molecular flexibility index (Phi) is 11.0. The Morgan fingerprint density at radius 2 is 1.64 bits per heavy atom. The van der Waals surface area contributed by atoms with Gasteiger partial charge in [-0.25, -0.2) is 8.42 Å². The summed E-state index contributed by atoms with van der Waals surface area (Å²) < 4.78 is 26.3. The summed E-state index contributed by atoms with van der Waals surface area (Å²) in [4.78, 5) is 28.2. The number of carbonyl (C=O) groups is 2. The van der Waals surface area contributed by atoms with Crippen molar-refractivity contribution >= 4 is 27.5 Å². The van der Waals surface area contributed by atoms with Crippen LogP contribution in [-0.4, -0.2) is 50.0 Å². The summed E-state index contributed by atoms with van der Waals surface area (Å²) in [5.41, 5.74) is 3.61. The Morgan fingerprint density at radius 1 is 0.972 bits per heavy atom. The van der Waals surface area contributed by atoms with Crippen molar-refractivity contribution in [3.05, 3.63) is 65.2 Å². The van der Waals surface area contributed by atoms with E-state index in [0.29, 0.717) is 25.1 Å². The number of sulfonamides is 1. The highest BCUT2D eigenvalue weighted by atomic mass is 32.2. The summed E-state index contributed by atoms with van der Waals surface area (Å²) in [6.07, 6.45) is 2.94. The van der Waals surface area contributed by atoms with Gasteiger partial charge in [0.05, 0.1) is 11.9 Å². The minimum atomic E-state index is -3.51. The molecule has 0 aliphatic heterocycles. The number of rotatable bonds is 13. The molecule has 0 unspecified atom stereocenters. The molecule has 2 amide bonds. The molecule has 7 nitrogen and oxygen atoms in total. The van der Waals surface area contributed by atoms with E-state index in [-0.39, 0.29) is 30.8 Å². The van der Waals surface area contributed by atoms with Crippen molar-refractivity contribution in [3.8, 4) is 0 Å². The number of nitrogens with zero attached hydrogens (tertiary/aromatic N) is 2. The van der Waals surface area contributed by atoms with Gasteiger partial charge < -0.3 is 10.2 Å². The first-order valence-electron chi connectivity index (χ1n) is 12.7. The normalized spacial score (nSPS) is 13.1. The molecule has 2 aromatic carbocycles. The quantitative estimate of drug-likeness (QED) is 0.423. The zero-order valence-corrected chi connectivity index (χ0v) is 23.3. The third kappa shape index (κ3) is 8.66. The van der Waals surface area contributed by atoms with Crippen molar-refractivity contribution in [3.63, 3.8) is 0 Å². The lowest BCUT2D eigenvalue weighted by atomic mass is 10.1. The predicted octanol–water partition coefficient (Wildman–Crippen LogP) is 4.57. The summed E-state index contributed by atoms with van der Waals surface area (Å²) in [5.74, 6) is -0.329. The lowest BCUT2D eigenvalue weighted by Crippen LogP contribution is -2.50. The molecule has 8 heteroatoms. The third-order valence-corrected chi connectivity index (χ3v) is 7.50. The van der Waals surface area contributed by atoms with Gasteiger partial charge >= 0.3 is 0 Å². The molecule has 0 bridgehead atoms. The van der Waals surface area contributed by atoms with Gasteiger partial charge in [0.1, 0.15) is 6.04 Å². The highest BCUT2D eigenvalue weighted by Crippen LogP contribution is 2.21. The van der Waals surface area contributed by atoms with E-state index in [0.717, 1.165) is 23.1 Å². The lowest BCUT2D eigenvalue weighted by molar-refractivity contribution is -0.141. The van der Waals surface area contributed by atoms with Crippen LogP contribution in [0.3, 0.4) is 0 Å². The minimum absolute atomic E-state index is 0.0144. The van der Waals surface area contributed by atoms with Crippen molar-refractivity contribution in [2.24, 2.45) is 0 Å². The Bertz CT molecular complexity index is 1120. The topological polar surface area (TPSA) is 86.8 Å². The van der Waals surface area contributed by atoms with Crippen molar-refractivity contribution in [1.82, 2.24) is 10.2 Å². The van der Waals surface area contributed by atoms with Crippen molar-refractivity contribution in [2.75, 3.05) is 17.1 Å². The molecule has 0 aliphatic rings. The zero-order valence-electron chi connectivity index (χ0n) is 22.5. The Labute approximate surface area is 216 Å². The summed E-state index contributed by atoms with van der Waals surface area (Å²) in [7, 11) is -3.51. The average Bonchev–Trinajstić information content (AvgIpc) is 2.81. The van der Waals surface area contributed by atoms with E-state index in [2.05, 4.69) is 5.32 Å². The van der Waals surface area contributed by atoms with Crippen LogP contribution < -0.4 is 9.62 Å². The fourth-order valence-corrected chi connectivity index (χ4v) is 5.00. The van der Waals surface area contributed by atoms with Gasteiger partial charge in [-0.3, -0.25) is 13.9 Å². The maximum absolute atomic E-state index is 13.5. The smallest absolute Gasteiger partial charge is 0.243 e. The Balaban J connectivity index is 2.22. The maximum Gasteiger partial charge on any atom is 0.243 e. The molecule has 0 aromatic heterocycles. The van der Waals surface area contributed by atoms with Crippen LogP contribution in [0.5, 0.6) is 0 Å². The second-order valence-electron chi connectivity index (χ2n) is 9.53. The molecule has 2 rings (SSSR count). The van der Waals surface area contributed by atoms with Crippen LogP contribution >= 0.6 is 0 Å². The average molecular weight is 516 g/mol. The van der Waals surface area contributed by atoms with Gasteiger partial charge in [0, 0.05) is 25.6 Å². The van der Waals surface area contributed by atoms with Gasteiger partial charge in [0.15, 0.2) is 0 Å². The second-order valence-corrected chi connectivity index (χ2v) is 11.4. The minimum Gasteiger partial charge on any atom is -0.352 e. The molecular weight excluding hydrogens is 474 g/mol. The van der Waals surface area contributed by atoms with Gasteiger partial charge in [-0.2, -0.15) is 0 Å². The van der Waals surface area contributed by atoms with Crippen LogP contribution in [0.25, 0.3) is 0 Å². The maximum atomic E-state index is 13.5. The van der Waals surface area contributed by atoms with Crippen LogP contribution in [0.15, 0.2) is 48.5 Å². The van der Waals surface area contributed by atoms with Crippen LogP contribution in [-0.2, 0) is 26.2 Å². The predicted molar refractivity (Wildman–Crippen MR) is 146 cm³/mol. The van der Waals surface area contributed by atoms with Gasteiger partial charge in [-0.1, -0.05) is 55.8 Å². The molecule has 2 aromatic rings. The summed E-state index contributed by atoms with van der Waals surface area (Å²) >= 11 is 0. The number of amides is 2. The number of benzene rings is 2. The summed E-state index contributed by atoms with van der Waals surface area (Å²) in [6, 6.07) is 14.6. The molecule has 198 valence electrons. The SMILES string of the molecule is CC[C@@H](C)NC(=O)[C@H](CC)N(Cc1ccc(C)cc1)C(=O)CCCN(c1cccc(C)c1)S(C)(=O)=O. The van der Waals surface area contributed by atoms with Gasteiger partial charge in [-0.15, -0.1) is 0 Å². The van der Waals surface area contributed by atoms with Crippen LogP contribution in [0.2, 0.25) is 0 Å². The Morgan fingerprint density at radius 3 is 2.19 bits per heavy atom. The van der Waals surface area contributed by atoms with Gasteiger partial charge in [0.2, 0.25) is 21.8 Å². The molecular formula is C28H41N3O4S. The van der Waals surface area contributed by atoms with Gasteiger partial charge in [0.25, 0.3) is 0 Å². The highest BCUT2D eigenvalue weighted by molar-refractivity contribution is 7.92.